The monoisotopic (exact) mass is 474 g/mol. The molecule has 0 aromatic rings. The van der Waals surface area contributed by atoms with Gasteiger partial charge in [-0.25, -0.2) is 4.79 Å². The van der Waals surface area contributed by atoms with Gasteiger partial charge in [0.05, 0.1) is 12.5 Å². The van der Waals surface area contributed by atoms with Crippen LogP contribution in [0.15, 0.2) is 0 Å². The van der Waals surface area contributed by atoms with Crippen molar-refractivity contribution in [1.82, 2.24) is 16.0 Å². The minimum absolute atomic E-state index is 0.322. The number of carbonyl (C=O) groups is 6. The molecule has 33 heavy (non-hydrogen) atoms. The zero-order valence-electron chi connectivity index (χ0n) is 19.2. The number of carbonyl (C=O) groups excluding carboxylic acids is 3. The SMILES string of the molecule is CCC(C)C(NC(=O)C(N)CC(=O)O)C(=O)NC(CCC(=O)O)C(=O)NC(C(=O)O)C(C)C. The van der Waals surface area contributed by atoms with E-state index in [1.54, 1.807) is 27.7 Å². The van der Waals surface area contributed by atoms with E-state index >= 15 is 0 Å². The number of hydrogen-bond donors (Lipinski definition) is 7. The van der Waals surface area contributed by atoms with Crippen LogP contribution in [0.1, 0.15) is 53.4 Å². The Morgan fingerprint density at radius 2 is 1.33 bits per heavy atom. The molecule has 0 aromatic carbocycles. The van der Waals surface area contributed by atoms with E-state index in [2.05, 4.69) is 16.0 Å². The summed E-state index contributed by atoms with van der Waals surface area (Å²) in [6, 6.07) is -5.25. The maximum atomic E-state index is 12.9. The number of rotatable bonds is 15. The average molecular weight is 475 g/mol. The number of hydrogen-bond acceptors (Lipinski definition) is 7. The van der Waals surface area contributed by atoms with Gasteiger partial charge in [0, 0.05) is 6.42 Å². The van der Waals surface area contributed by atoms with Gasteiger partial charge in [0.2, 0.25) is 17.7 Å². The van der Waals surface area contributed by atoms with E-state index in [9.17, 15) is 33.9 Å². The van der Waals surface area contributed by atoms with E-state index in [-0.39, 0.29) is 6.42 Å². The van der Waals surface area contributed by atoms with Crippen molar-refractivity contribution in [3.05, 3.63) is 0 Å². The highest BCUT2D eigenvalue weighted by molar-refractivity contribution is 5.95. The van der Waals surface area contributed by atoms with Crippen LogP contribution in [-0.2, 0) is 28.8 Å². The van der Waals surface area contributed by atoms with E-state index in [0.717, 1.165) is 0 Å². The van der Waals surface area contributed by atoms with Crippen LogP contribution in [0.5, 0.6) is 0 Å². The molecule has 0 rings (SSSR count). The molecule has 5 atom stereocenters. The molecular formula is C20H34N4O9. The lowest BCUT2D eigenvalue weighted by atomic mass is 9.96. The molecule has 3 amide bonds. The van der Waals surface area contributed by atoms with Crippen LogP contribution in [0.2, 0.25) is 0 Å². The Bertz CT molecular complexity index is 741. The second-order valence-electron chi connectivity index (χ2n) is 8.14. The van der Waals surface area contributed by atoms with Crippen LogP contribution in [0.4, 0.5) is 0 Å². The lowest BCUT2D eigenvalue weighted by Gasteiger charge is -2.28. The van der Waals surface area contributed by atoms with E-state index in [0.29, 0.717) is 6.42 Å². The summed E-state index contributed by atoms with van der Waals surface area (Å²) in [4.78, 5) is 71.0. The minimum Gasteiger partial charge on any atom is -0.481 e. The van der Waals surface area contributed by atoms with Crippen LogP contribution < -0.4 is 21.7 Å². The predicted octanol–water partition coefficient (Wildman–Crippen LogP) is -1.11. The first-order valence-corrected chi connectivity index (χ1v) is 10.5. The fourth-order valence-electron chi connectivity index (χ4n) is 2.81. The Morgan fingerprint density at radius 1 is 0.788 bits per heavy atom. The van der Waals surface area contributed by atoms with E-state index in [4.69, 9.17) is 15.9 Å². The fourth-order valence-corrected chi connectivity index (χ4v) is 2.81. The first-order chi connectivity index (χ1) is 15.2. The maximum absolute atomic E-state index is 12.9. The Hall–Kier alpha value is -3.22. The quantitative estimate of drug-likeness (QED) is 0.151. The largest absolute Gasteiger partial charge is 0.481 e. The van der Waals surface area contributed by atoms with Crippen molar-refractivity contribution >= 4 is 35.6 Å². The van der Waals surface area contributed by atoms with E-state index in [1.165, 1.54) is 0 Å². The van der Waals surface area contributed by atoms with Crippen molar-refractivity contribution in [2.45, 2.75) is 77.5 Å². The molecule has 0 saturated carbocycles. The van der Waals surface area contributed by atoms with Gasteiger partial charge < -0.3 is 37.0 Å². The number of aliphatic carboxylic acids is 3. The van der Waals surface area contributed by atoms with Crippen molar-refractivity contribution in [3.63, 3.8) is 0 Å². The lowest BCUT2D eigenvalue weighted by Crippen LogP contribution is -2.59. The van der Waals surface area contributed by atoms with Gasteiger partial charge in [0.15, 0.2) is 0 Å². The number of amides is 3. The number of carboxylic acid groups (broad SMARTS) is 3. The summed E-state index contributed by atoms with van der Waals surface area (Å²) in [5.74, 6) is -7.33. The van der Waals surface area contributed by atoms with E-state index in [1.807, 2.05) is 0 Å². The Morgan fingerprint density at radius 3 is 1.76 bits per heavy atom. The second-order valence-corrected chi connectivity index (χ2v) is 8.14. The van der Waals surface area contributed by atoms with E-state index < -0.39 is 84.5 Å². The fraction of sp³-hybridized carbons (Fsp3) is 0.700. The van der Waals surface area contributed by atoms with Gasteiger partial charge in [-0.05, 0) is 18.3 Å². The smallest absolute Gasteiger partial charge is 0.326 e. The first-order valence-electron chi connectivity index (χ1n) is 10.5. The summed E-state index contributed by atoms with van der Waals surface area (Å²) >= 11 is 0. The third-order valence-corrected chi connectivity index (χ3v) is 5.03. The molecule has 0 saturated heterocycles. The molecule has 8 N–H and O–H groups in total. The standard InChI is InChI=1S/C20H34N4O9/c1-5-10(4)16(24-17(29)11(21)8-14(27)28)19(31)22-12(6-7-13(25)26)18(30)23-15(9(2)3)20(32)33/h9-12,15-16H,5-8,21H2,1-4H3,(H,22,31)(H,23,30)(H,24,29)(H,25,26)(H,27,28)(H,32,33). The minimum atomic E-state index is -1.41. The van der Waals surface area contributed by atoms with Crippen molar-refractivity contribution in [2.75, 3.05) is 0 Å². The highest BCUT2D eigenvalue weighted by Crippen LogP contribution is 2.11. The zero-order valence-corrected chi connectivity index (χ0v) is 19.2. The van der Waals surface area contributed by atoms with Crippen LogP contribution >= 0.6 is 0 Å². The van der Waals surface area contributed by atoms with Gasteiger partial charge in [-0.15, -0.1) is 0 Å². The molecule has 13 nitrogen and oxygen atoms in total. The maximum Gasteiger partial charge on any atom is 0.326 e. The number of nitrogens with two attached hydrogens (primary N) is 1. The molecule has 0 heterocycles. The van der Waals surface area contributed by atoms with Gasteiger partial charge in [-0.2, -0.15) is 0 Å². The van der Waals surface area contributed by atoms with Gasteiger partial charge in [0.25, 0.3) is 0 Å². The van der Waals surface area contributed by atoms with Crippen molar-refractivity contribution < 1.29 is 44.1 Å². The van der Waals surface area contributed by atoms with Crippen molar-refractivity contribution in [1.29, 1.82) is 0 Å². The van der Waals surface area contributed by atoms with Crippen LogP contribution in [0, 0.1) is 11.8 Å². The highest BCUT2D eigenvalue weighted by Gasteiger charge is 2.33. The highest BCUT2D eigenvalue weighted by atomic mass is 16.4. The topological polar surface area (TPSA) is 225 Å². The molecular weight excluding hydrogens is 440 g/mol. The Labute approximate surface area is 191 Å². The van der Waals surface area contributed by atoms with Gasteiger partial charge >= 0.3 is 17.9 Å². The molecule has 0 aliphatic carbocycles. The molecule has 0 aromatic heterocycles. The number of carboxylic acids is 3. The zero-order chi connectivity index (χ0) is 25.9. The lowest BCUT2D eigenvalue weighted by molar-refractivity contribution is -0.144. The van der Waals surface area contributed by atoms with Crippen LogP contribution in [0.3, 0.4) is 0 Å². The molecule has 0 spiro atoms. The van der Waals surface area contributed by atoms with Gasteiger partial charge in [-0.3, -0.25) is 24.0 Å². The first kappa shape index (κ1) is 29.8. The molecule has 13 heteroatoms. The molecule has 0 bridgehead atoms. The van der Waals surface area contributed by atoms with Crippen molar-refractivity contribution in [2.24, 2.45) is 17.6 Å². The third-order valence-electron chi connectivity index (χ3n) is 5.03. The molecule has 0 fully saturated rings. The molecule has 0 aliphatic rings. The summed E-state index contributed by atoms with van der Waals surface area (Å²) in [6.45, 7) is 6.51. The van der Waals surface area contributed by atoms with Crippen LogP contribution in [-0.4, -0.2) is 75.1 Å². The van der Waals surface area contributed by atoms with Gasteiger partial charge in [-0.1, -0.05) is 34.1 Å². The Kier molecular flexibility index (Phi) is 12.7. The van der Waals surface area contributed by atoms with Gasteiger partial charge in [0.1, 0.15) is 18.1 Å². The summed E-state index contributed by atoms with van der Waals surface area (Å²) in [7, 11) is 0. The molecule has 0 radical (unpaired) electrons. The molecule has 0 aliphatic heterocycles. The summed E-state index contributed by atoms with van der Waals surface area (Å²) < 4.78 is 0. The second kappa shape index (κ2) is 14.0. The summed E-state index contributed by atoms with van der Waals surface area (Å²) in [5.41, 5.74) is 5.54. The molecule has 188 valence electrons. The van der Waals surface area contributed by atoms with Crippen molar-refractivity contribution in [3.8, 4) is 0 Å². The predicted molar refractivity (Wildman–Crippen MR) is 115 cm³/mol. The van der Waals surface area contributed by atoms with Crippen LogP contribution in [0.25, 0.3) is 0 Å². The summed E-state index contributed by atoms with van der Waals surface area (Å²) in [5, 5.41) is 34.1. The summed E-state index contributed by atoms with van der Waals surface area (Å²) in [6.07, 6.45) is -1.04. The average Bonchev–Trinajstić information content (AvgIpc) is 2.70. The Balaban J connectivity index is 5.63. The molecule has 5 unspecified atom stereocenters. The number of nitrogens with one attached hydrogen (secondary N) is 3. The third kappa shape index (κ3) is 10.8. The normalized spacial score (nSPS) is 15.5.